The molecular formula is C21H21ClN6O. The lowest BCUT2D eigenvalue weighted by Gasteiger charge is -2.17. The average molecular weight is 409 g/mol. The molecule has 0 aliphatic carbocycles. The molecule has 1 aliphatic heterocycles. The minimum Gasteiger partial charge on any atom is -0.355 e. The first kappa shape index (κ1) is 19.1. The summed E-state index contributed by atoms with van der Waals surface area (Å²) >= 11 is 6.08. The van der Waals surface area contributed by atoms with Crippen LogP contribution in [0.15, 0.2) is 53.6 Å². The number of aromatic nitrogens is 3. The number of carbonyl (C=O) groups is 1. The molecule has 0 radical (unpaired) electrons. The fourth-order valence-corrected chi connectivity index (χ4v) is 3.40. The quantitative estimate of drug-likeness (QED) is 0.702. The molecule has 0 fully saturated rings. The summed E-state index contributed by atoms with van der Waals surface area (Å²) in [6.07, 6.45) is 0.867. The summed E-state index contributed by atoms with van der Waals surface area (Å²) in [6, 6.07) is 15.4. The monoisotopic (exact) mass is 408 g/mol. The predicted octanol–water partition coefficient (Wildman–Crippen LogP) is 3.33. The lowest BCUT2D eigenvalue weighted by Crippen LogP contribution is -2.36. The topological polar surface area (TPSA) is 75.4 Å². The number of rotatable bonds is 5. The van der Waals surface area contributed by atoms with Crippen LogP contribution in [0.4, 0.5) is 5.95 Å². The van der Waals surface area contributed by atoms with Crippen molar-refractivity contribution in [3.05, 3.63) is 70.5 Å². The van der Waals surface area contributed by atoms with Crippen molar-refractivity contribution in [3.8, 4) is 5.69 Å². The summed E-state index contributed by atoms with van der Waals surface area (Å²) in [6.45, 7) is 4.56. The maximum Gasteiger partial charge on any atom is 0.252 e. The van der Waals surface area contributed by atoms with E-state index in [1.807, 2.05) is 66.9 Å². The van der Waals surface area contributed by atoms with Crippen molar-refractivity contribution in [2.45, 2.75) is 20.3 Å². The van der Waals surface area contributed by atoms with Crippen LogP contribution in [-0.4, -0.2) is 39.5 Å². The van der Waals surface area contributed by atoms with Gasteiger partial charge in [-0.05, 0) is 31.5 Å². The molecule has 29 heavy (non-hydrogen) atoms. The Labute approximate surface area is 174 Å². The molecule has 0 saturated heterocycles. The van der Waals surface area contributed by atoms with Gasteiger partial charge in [0.05, 0.1) is 5.69 Å². The molecule has 1 aliphatic rings. The molecule has 0 atom stereocenters. The van der Waals surface area contributed by atoms with Crippen molar-refractivity contribution in [2.24, 2.45) is 5.10 Å². The summed E-state index contributed by atoms with van der Waals surface area (Å²) in [4.78, 5) is 12.5. The van der Waals surface area contributed by atoms with Gasteiger partial charge in [0.1, 0.15) is 18.1 Å². The number of benzene rings is 2. The Hall–Kier alpha value is -3.19. The van der Waals surface area contributed by atoms with E-state index in [9.17, 15) is 4.79 Å². The number of halogens is 1. The number of nitrogens with zero attached hydrogens (tertiary/aromatic N) is 5. The largest absolute Gasteiger partial charge is 0.355 e. The number of fused-ring (bicyclic) bond motifs is 3. The van der Waals surface area contributed by atoms with Crippen LogP contribution in [-0.2, 0) is 4.79 Å². The third kappa shape index (κ3) is 3.73. The molecule has 7 nitrogen and oxygen atoms in total. The highest BCUT2D eigenvalue weighted by atomic mass is 35.5. The van der Waals surface area contributed by atoms with Crippen LogP contribution in [0, 0.1) is 6.92 Å². The molecule has 148 valence electrons. The van der Waals surface area contributed by atoms with Gasteiger partial charge in [0, 0.05) is 22.7 Å². The summed E-state index contributed by atoms with van der Waals surface area (Å²) in [5.41, 5.74) is 3.48. The highest BCUT2D eigenvalue weighted by Gasteiger charge is 2.27. The number of hydrazone groups is 1. The zero-order valence-electron chi connectivity index (χ0n) is 16.3. The van der Waals surface area contributed by atoms with Crippen LogP contribution in [0.5, 0.6) is 0 Å². The lowest BCUT2D eigenvalue weighted by atomic mass is 10.0. The minimum absolute atomic E-state index is 0.0449. The van der Waals surface area contributed by atoms with Gasteiger partial charge in [0.2, 0.25) is 5.91 Å². The normalized spacial score (nSPS) is 12.7. The van der Waals surface area contributed by atoms with Gasteiger partial charge < -0.3 is 5.32 Å². The molecule has 0 spiro atoms. The Morgan fingerprint density at radius 2 is 1.86 bits per heavy atom. The molecule has 2 heterocycles. The standard InChI is InChI=1S/C21H21ClN6O/c1-3-12-23-19(29)13-27-21-25-24-14(2)28(21)18-7-5-4-6-17(18)20(26-27)15-8-10-16(22)11-9-15/h4-11H,3,12-13H2,1-2H3,(H,23,29). The number of aryl methyl sites for hydroxylation is 1. The van der Waals surface area contributed by atoms with Crippen molar-refractivity contribution in [1.29, 1.82) is 0 Å². The third-order valence-electron chi connectivity index (χ3n) is 4.64. The molecule has 2 aromatic carbocycles. The summed E-state index contributed by atoms with van der Waals surface area (Å²) in [7, 11) is 0. The van der Waals surface area contributed by atoms with Crippen LogP contribution in [0.25, 0.3) is 5.69 Å². The second-order valence-corrected chi connectivity index (χ2v) is 7.20. The zero-order valence-corrected chi connectivity index (χ0v) is 17.0. The van der Waals surface area contributed by atoms with Gasteiger partial charge in [-0.1, -0.05) is 48.9 Å². The maximum atomic E-state index is 12.5. The van der Waals surface area contributed by atoms with Gasteiger partial charge in [0.15, 0.2) is 0 Å². The van der Waals surface area contributed by atoms with E-state index in [0.29, 0.717) is 17.5 Å². The van der Waals surface area contributed by atoms with E-state index < -0.39 is 0 Å². The van der Waals surface area contributed by atoms with Crippen LogP contribution >= 0.6 is 11.6 Å². The van der Waals surface area contributed by atoms with Crippen molar-refractivity contribution < 1.29 is 4.79 Å². The first-order valence-corrected chi connectivity index (χ1v) is 9.87. The van der Waals surface area contributed by atoms with E-state index in [1.54, 1.807) is 5.01 Å². The van der Waals surface area contributed by atoms with Gasteiger partial charge in [-0.3, -0.25) is 9.36 Å². The number of amides is 1. The van der Waals surface area contributed by atoms with E-state index in [1.165, 1.54) is 0 Å². The molecule has 1 aromatic heterocycles. The molecule has 1 amide bonds. The molecule has 0 bridgehead atoms. The number of para-hydroxylation sites is 1. The number of hydrogen-bond donors (Lipinski definition) is 1. The molecule has 3 aromatic rings. The van der Waals surface area contributed by atoms with Crippen molar-refractivity contribution in [3.63, 3.8) is 0 Å². The molecular weight excluding hydrogens is 388 g/mol. The predicted molar refractivity (Wildman–Crippen MR) is 114 cm³/mol. The van der Waals surface area contributed by atoms with Gasteiger partial charge in [-0.2, -0.15) is 5.10 Å². The van der Waals surface area contributed by atoms with Gasteiger partial charge in [-0.25, -0.2) is 5.01 Å². The molecule has 0 saturated carbocycles. The van der Waals surface area contributed by atoms with Crippen molar-refractivity contribution in [2.75, 3.05) is 18.1 Å². The molecule has 1 N–H and O–H groups in total. The molecule has 8 heteroatoms. The van der Waals surface area contributed by atoms with E-state index in [-0.39, 0.29) is 12.5 Å². The number of anilines is 1. The highest BCUT2D eigenvalue weighted by Crippen LogP contribution is 2.29. The number of nitrogens with one attached hydrogen (secondary N) is 1. The van der Waals surface area contributed by atoms with Crippen molar-refractivity contribution >= 4 is 29.2 Å². The van der Waals surface area contributed by atoms with Gasteiger partial charge in [0.25, 0.3) is 5.95 Å². The fourth-order valence-electron chi connectivity index (χ4n) is 3.27. The smallest absolute Gasteiger partial charge is 0.252 e. The van der Waals surface area contributed by atoms with E-state index in [4.69, 9.17) is 16.7 Å². The van der Waals surface area contributed by atoms with E-state index in [0.717, 1.165) is 34.8 Å². The van der Waals surface area contributed by atoms with Crippen molar-refractivity contribution in [1.82, 2.24) is 20.1 Å². The Bertz CT molecular complexity index is 1070. The fraction of sp³-hybridized carbons (Fsp3) is 0.238. The van der Waals surface area contributed by atoms with Crippen LogP contribution in [0.2, 0.25) is 5.02 Å². The van der Waals surface area contributed by atoms with Crippen LogP contribution in [0.3, 0.4) is 0 Å². The Kier molecular flexibility index (Phi) is 5.31. The van der Waals surface area contributed by atoms with E-state index in [2.05, 4.69) is 15.5 Å². The summed E-state index contributed by atoms with van der Waals surface area (Å²) in [5.74, 6) is 1.11. The molecule has 4 rings (SSSR count). The van der Waals surface area contributed by atoms with Gasteiger partial charge >= 0.3 is 0 Å². The second-order valence-electron chi connectivity index (χ2n) is 6.76. The minimum atomic E-state index is -0.121. The van der Waals surface area contributed by atoms with E-state index >= 15 is 0 Å². The number of carbonyl (C=O) groups excluding carboxylic acids is 1. The Morgan fingerprint density at radius 3 is 2.62 bits per heavy atom. The number of hydrogen-bond acceptors (Lipinski definition) is 5. The average Bonchev–Trinajstić information content (AvgIpc) is 3.05. The third-order valence-corrected chi connectivity index (χ3v) is 4.89. The highest BCUT2D eigenvalue weighted by molar-refractivity contribution is 6.30. The van der Waals surface area contributed by atoms with Gasteiger partial charge in [-0.15, -0.1) is 10.2 Å². The first-order chi connectivity index (χ1) is 14.1. The molecule has 0 unspecified atom stereocenters. The summed E-state index contributed by atoms with van der Waals surface area (Å²) < 4.78 is 1.93. The second kappa shape index (κ2) is 8.05. The zero-order chi connectivity index (χ0) is 20.4. The van der Waals surface area contributed by atoms with Crippen LogP contribution < -0.4 is 10.3 Å². The maximum absolute atomic E-state index is 12.5. The Balaban J connectivity index is 1.87. The van der Waals surface area contributed by atoms with Crippen LogP contribution in [0.1, 0.15) is 30.3 Å². The summed E-state index contributed by atoms with van der Waals surface area (Å²) in [5, 5.41) is 18.5. The first-order valence-electron chi connectivity index (χ1n) is 9.49. The lowest BCUT2D eigenvalue weighted by molar-refractivity contribution is -0.119. The SMILES string of the molecule is CCCNC(=O)CN1N=C(c2ccc(Cl)cc2)c2ccccc2-n2c(C)nnc21. The Morgan fingerprint density at radius 1 is 1.10 bits per heavy atom.